The molecule has 2 unspecified atom stereocenters. The van der Waals surface area contributed by atoms with E-state index in [0.29, 0.717) is 0 Å². The van der Waals surface area contributed by atoms with E-state index in [-0.39, 0.29) is 0 Å². The summed E-state index contributed by atoms with van der Waals surface area (Å²) in [6.45, 7) is 0. The summed E-state index contributed by atoms with van der Waals surface area (Å²) >= 11 is 3.94. The normalized spacial score (nSPS) is 39.8. The van der Waals surface area contributed by atoms with E-state index in [1.54, 1.807) is 0 Å². The topological polar surface area (TPSA) is 0 Å². The molecule has 0 aromatic rings. The van der Waals surface area contributed by atoms with Gasteiger partial charge in [-0.1, -0.05) is 0 Å². The Morgan fingerprint density at radius 1 is 0.875 bits per heavy atom. The van der Waals surface area contributed by atoms with Crippen molar-refractivity contribution in [2.24, 2.45) is 0 Å². The fourth-order valence-corrected chi connectivity index (χ4v) is 2.98. The molecule has 8 heavy (non-hydrogen) atoms. The van der Waals surface area contributed by atoms with E-state index in [4.69, 9.17) is 0 Å². The van der Waals surface area contributed by atoms with Crippen molar-refractivity contribution in [3.8, 4) is 0 Å². The van der Waals surface area contributed by atoms with Gasteiger partial charge in [-0.25, -0.2) is 0 Å². The zero-order valence-electron chi connectivity index (χ0n) is 5.14. The van der Waals surface area contributed by atoms with E-state index in [0.717, 1.165) is 9.41 Å². The van der Waals surface area contributed by atoms with Gasteiger partial charge in [0, 0.05) is 0 Å². The monoisotopic (exact) mass is 236 g/mol. The van der Waals surface area contributed by atoms with Crippen molar-refractivity contribution in [3.63, 3.8) is 0 Å². The second-order valence-electron chi connectivity index (χ2n) is 2.61. The predicted molar refractivity (Wildman–Crippen MR) is 43.1 cm³/mol. The van der Waals surface area contributed by atoms with Crippen molar-refractivity contribution in [1.82, 2.24) is 0 Å². The van der Waals surface area contributed by atoms with E-state index in [1.807, 2.05) is 33.7 Å². The fourth-order valence-electron chi connectivity index (χ4n) is 1.19. The Morgan fingerprint density at radius 3 is 1.50 bits per heavy atom. The summed E-state index contributed by atoms with van der Waals surface area (Å²) in [4.78, 5) is 0. The standard InChI is InChI=1S/C6H14As2/c7-5-3-1-2-4-6(5)8/h5-6H,1-4,7-8H2/t5-,6-/m0/s1. The first kappa shape index (κ1) is 7.23. The molecule has 2 heteroatoms. The summed E-state index contributed by atoms with van der Waals surface area (Å²) in [5, 5.41) is 0. The van der Waals surface area contributed by atoms with Crippen LogP contribution in [0.15, 0.2) is 0 Å². The fraction of sp³-hybridized carbons (Fsp3) is 1.00. The first-order valence-corrected chi connectivity index (χ1v) is 6.11. The third kappa shape index (κ3) is 1.81. The van der Waals surface area contributed by atoms with Gasteiger partial charge in [0.15, 0.2) is 0 Å². The van der Waals surface area contributed by atoms with Gasteiger partial charge in [-0.15, -0.1) is 0 Å². The molecular weight excluding hydrogens is 222 g/mol. The van der Waals surface area contributed by atoms with Crippen LogP contribution < -0.4 is 0 Å². The van der Waals surface area contributed by atoms with Crippen LogP contribution in [0.5, 0.6) is 0 Å². The minimum absolute atomic E-state index is 1.09. The molecule has 1 aliphatic carbocycles. The SMILES string of the molecule is [AsH2][C@H]1CCCC[C@@H]1[AsH2]. The molecule has 48 valence electrons. The Kier molecular flexibility index (Phi) is 3.01. The Hall–Kier alpha value is 1.12. The van der Waals surface area contributed by atoms with Crippen LogP contribution in [0.2, 0.25) is 9.41 Å². The molecule has 1 saturated carbocycles. The van der Waals surface area contributed by atoms with Gasteiger partial charge in [-0.2, -0.15) is 0 Å². The summed E-state index contributed by atoms with van der Waals surface area (Å²) in [5.74, 6) is 0. The molecule has 0 N–H and O–H groups in total. The molecule has 4 atom stereocenters. The molecule has 0 saturated heterocycles. The number of rotatable bonds is 0. The van der Waals surface area contributed by atoms with Crippen LogP contribution >= 0.6 is 0 Å². The van der Waals surface area contributed by atoms with E-state index in [2.05, 4.69) is 0 Å². The van der Waals surface area contributed by atoms with Gasteiger partial charge in [0.25, 0.3) is 0 Å². The van der Waals surface area contributed by atoms with E-state index in [1.165, 1.54) is 25.7 Å². The number of hydrogen-bond acceptors (Lipinski definition) is 0. The molecule has 0 aliphatic heterocycles. The molecular formula is C6H14As2. The first-order valence-electron chi connectivity index (χ1n) is 3.32. The summed E-state index contributed by atoms with van der Waals surface area (Å²) in [7, 11) is 0. The molecule has 1 fully saturated rings. The van der Waals surface area contributed by atoms with Crippen LogP contribution in [-0.2, 0) is 0 Å². The summed E-state index contributed by atoms with van der Waals surface area (Å²) < 4.78 is 2.19. The van der Waals surface area contributed by atoms with E-state index in [9.17, 15) is 0 Å². The van der Waals surface area contributed by atoms with Gasteiger partial charge in [0.1, 0.15) is 0 Å². The molecule has 0 radical (unpaired) electrons. The summed E-state index contributed by atoms with van der Waals surface area (Å²) in [6.07, 6.45) is 6.04. The van der Waals surface area contributed by atoms with Crippen LogP contribution in [0, 0.1) is 0 Å². The molecule has 0 nitrogen and oxygen atoms in total. The molecule has 0 aromatic heterocycles. The third-order valence-corrected chi connectivity index (χ3v) is 7.30. The Morgan fingerprint density at radius 2 is 1.25 bits per heavy atom. The zero-order valence-corrected chi connectivity index (χ0v) is 9.98. The first-order chi connectivity index (χ1) is 3.80. The Balaban J connectivity index is 2.28. The van der Waals surface area contributed by atoms with Crippen molar-refractivity contribution >= 4 is 33.7 Å². The molecule has 0 spiro atoms. The van der Waals surface area contributed by atoms with Crippen LogP contribution in [0.1, 0.15) is 25.7 Å². The minimum atomic E-state index is 1.09. The maximum atomic E-state index is 1.97. The van der Waals surface area contributed by atoms with Crippen LogP contribution in [0.4, 0.5) is 0 Å². The van der Waals surface area contributed by atoms with Crippen LogP contribution in [0.3, 0.4) is 0 Å². The molecule has 1 rings (SSSR count). The van der Waals surface area contributed by atoms with Crippen molar-refractivity contribution in [1.29, 1.82) is 0 Å². The van der Waals surface area contributed by atoms with E-state index < -0.39 is 0 Å². The van der Waals surface area contributed by atoms with Gasteiger partial charge in [0.2, 0.25) is 0 Å². The number of hydrogen-bond donors (Lipinski definition) is 0. The Bertz CT molecular complexity index is 62.9. The summed E-state index contributed by atoms with van der Waals surface area (Å²) in [5.41, 5.74) is 0. The molecule has 0 amide bonds. The van der Waals surface area contributed by atoms with Crippen molar-refractivity contribution in [2.75, 3.05) is 0 Å². The van der Waals surface area contributed by atoms with Gasteiger partial charge in [-0.3, -0.25) is 0 Å². The average Bonchev–Trinajstić information content (AvgIpc) is 1.77. The van der Waals surface area contributed by atoms with Crippen molar-refractivity contribution in [2.45, 2.75) is 35.1 Å². The second-order valence-corrected chi connectivity index (χ2v) is 6.21. The van der Waals surface area contributed by atoms with Crippen molar-refractivity contribution in [3.05, 3.63) is 0 Å². The van der Waals surface area contributed by atoms with Gasteiger partial charge in [-0.05, 0) is 0 Å². The quantitative estimate of drug-likeness (QED) is 0.534. The average molecular weight is 236 g/mol. The van der Waals surface area contributed by atoms with Gasteiger partial charge >= 0.3 is 68.8 Å². The molecule has 1 aliphatic rings. The molecule has 0 aromatic carbocycles. The van der Waals surface area contributed by atoms with Gasteiger partial charge < -0.3 is 0 Å². The second kappa shape index (κ2) is 3.33. The van der Waals surface area contributed by atoms with Gasteiger partial charge in [0.05, 0.1) is 0 Å². The summed E-state index contributed by atoms with van der Waals surface area (Å²) in [6, 6.07) is 0. The molecule has 0 heterocycles. The van der Waals surface area contributed by atoms with E-state index >= 15 is 0 Å². The predicted octanol–water partition coefficient (Wildman–Crippen LogP) is 0.404. The maximum absolute atomic E-state index is 1.97. The zero-order chi connectivity index (χ0) is 5.98. The Labute approximate surface area is 68.8 Å². The third-order valence-electron chi connectivity index (χ3n) is 1.87. The van der Waals surface area contributed by atoms with Crippen LogP contribution in [0.25, 0.3) is 0 Å². The van der Waals surface area contributed by atoms with Crippen LogP contribution in [-0.4, -0.2) is 33.7 Å². The van der Waals surface area contributed by atoms with Crippen molar-refractivity contribution < 1.29 is 0 Å². The molecule has 0 bridgehead atoms.